The van der Waals surface area contributed by atoms with Crippen LogP contribution in [0.25, 0.3) is 30.0 Å². The Labute approximate surface area is 139 Å². The first-order valence-corrected chi connectivity index (χ1v) is 8.20. The van der Waals surface area contributed by atoms with Crippen molar-refractivity contribution >= 4 is 30.0 Å². The second kappa shape index (κ2) is 6.70. The van der Waals surface area contributed by atoms with Gasteiger partial charge in [-0.1, -0.05) is 68.2 Å². The van der Waals surface area contributed by atoms with Gasteiger partial charge in [0, 0.05) is 16.8 Å². The van der Waals surface area contributed by atoms with E-state index in [1.807, 2.05) is 6.08 Å². The highest BCUT2D eigenvalue weighted by atomic mass is 15.0. The van der Waals surface area contributed by atoms with E-state index in [-0.39, 0.29) is 0 Å². The molecule has 0 N–H and O–H groups in total. The molecule has 0 spiro atoms. The van der Waals surface area contributed by atoms with Crippen molar-refractivity contribution in [3.63, 3.8) is 0 Å². The van der Waals surface area contributed by atoms with E-state index in [1.165, 1.54) is 22.5 Å². The quantitative estimate of drug-likeness (QED) is 0.626. The molecule has 1 heterocycles. The first-order chi connectivity index (χ1) is 11.3. The summed E-state index contributed by atoms with van der Waals surface area (Å²) in [6, 6.07) is 0. The van der Waals surface area contributed by atoms with Gasteiger partial charge in [0.1, 0.15) is 0 Å². The maximum Gasteiger partial charge on any atom is 0.0537 e. The van der Waals surface area contributed by atoms with Crippen molar-refractivity contribution in [1.29, 1.82) is 0 Å². The van der Waals surface area contributed by atoms with E-state index >= 15 is 0 Å². The minimum Gasteiger partial charge on any atom is -0.310 e. The van der Waals surface area contributed by atoms with Crippen molar-refractivity contribution in [2.45, 2.75) is 20.3 Å². The van der Waals surface area contributed by atoms with Crippen LogP contribution in [0.3, 0.4) is 0 Å². The lowest BCUT2D eigenvalue weighted by Crippen LogP contribution is -2.00. The molecule has 0 aromatic carbocycles. The topological polar surface area (TPSA) is 4.93 Å². The normalized spacial score (nSPS) is 19.6. The van der Waals surface area contributed by atoms with Gasteiger partial charge in [0.25, 0.3) is 0 Å². The summed E-state index contributed by atoms with van der Waals surface area (Å²) in [4.78, 5) is 0. The van der Waals surface area contributed by atoms with Crippen molar-refractivity contribution in [3.8, 4) is 0 Å². The van der Waals surface area contributed by atoms with Gasteiger partial charge in [0.2, 0.25) is 0 Å². The van der Waals surface area contributed by atoms with Crippen LogP contribution in [0.15, 0.2) is 55.2 Å². The number of nitrogens with zero attached hydrogens (tertiary/aromatic N) is 1. The third-order valence-electron chi connectivity index (χ3n) is 4.21. The third kappa shape index (κ3) is 2.87. The zero-order chi connectivity index (χ0) is 16.2. The summed E-state index contributed by atoms with van der Waals surface area (Å²) in [6.07, 6.45) is 27.0. The Morgan fingerprint density at radius 3 is 2.78 bits per heavy atom. The van der Waals surface area contributed by atoms with Gasteiger partial charge in [-0.05, 0) is 37.5 Å². The fourth-order valence-corrected chi connectivity index (χ4v) is 3.10. The molecule has 2 aliphatic carbocycles. The van der Waals surface area contributed by atoms with Gasteiger partial charge >= 0.3 is 0 Å². The van der Waals surface area contributed by atoms with E-state index < -0.39 is 0 Å². The Hall–Kier alpha value is -2.54. The molecule has 0 saturated heterocycles. The summed E-state index contributed by atoms with van der Waals surface area (Å²) in [6.45, 7) is 8.33. The Morgan fingerprint density at radius 1 is 1.17 bits per heavy atom. The predicted molar refractivity (Wildman–Crippen MR) is 104 cm³/mol. The maximum atomic E-state index is 4.06. The third-order valence-corrected chi connectivity index (χ3v) is 4.21. The Kier molecular flexibility index (Phi) is 4.47. The standard InChI is InChI=1S/C22H23N/c1-4-10-19-20-15-13-17(3)14-16-22(20)23(21(19)5-2)18-11-8-6-7-9-12-18/h4-8,10-17H,2,9H2,1,3H3/b10-4-. The fourth-order valence-electron chi connectivity index (χ4n) is 3.10. The lowest BCUT2D eigenvalue weighted by atomic mass is 10.1. The second-order valence-electron chi connectivity index (χ2n) is 5.87. The molecule has 3 rings (SSSR count). The summed E-state index contributed by atoms with van der Waals surface area (Å²) in [5, 5.41) is 0. The molecule has 1 aromatic rings. The van der Waals surface area contributed by atoms with Gasteiger partial charge in [0.05, 0.1) is 11.4 Å². The average molecular weight is 301 g/mol. The van der Waals surface area contributed by atoms with Crippen LogP contribution in [0.5, 0.6) is 0 Å². The number of allylic oxidation sites excluding steroid dienone is 9. The number of aromatic nitrogens is 1. The molecule has 0 fully saturated rings. The van der Waals surface area contributed by atoms with Gasteiger partial charge in [0.15, 0.2) is 0 Å². The van der Waals surface area contributed by atoms with Gasteiger partial charge in [-0.2, -0.15) is 0 Å². The molecule has 1 aromatic heterocycles. The van der Waals surface area contributed by atoms with E-state index in [9.17, 15) is 0 Å². The highest BCUT2D eigenvalue weighted by molar-refractivity contribution is 5.84. The number of hydrogen-bond donors (Lipinski definition) is 0. The van der Waals surface area contributed by atoms with Crippen LogP contribution in [0.2, 0.25) is 0 Å². The summed E-state index contributed by atoms with van der Waals surface area (Å²) >= 11 is 0. The van der Waals surface area contributed by atoms with Gasteiger partial charge in [-0.3, -0.25) is 0 Å². The molecule has 0 bridgehead atoms. The summed E-state index contributed by atoms with van der Waals surface area (Å²) in [7, 11) is 0. The molecule has 0 aliphatic heterocycles. The molecule has 116 valence electrons. The first kappa shape index (κ1) is 15.4. The highest BCUT2D eigenvalue weighted by Gasteiger charge is 2.19. The van der Waals surface area contributed by atoms with E-state index in [2.05, 4.69) is 91.8 Å². The minimum absolute atomic E-state index is 0.446. The molecule has 2 aliphatic rings. The van der Waals surface area contributed by atoms with Crippen LogP contribution in [0.1, 0.15) is 42.8 Å². The number of rotatable bonds is 3. The van der Waals surface area contributed by atoms with E-state index in [1.54, 1.807) is 0 Å². The summed E-state index contributed by atoms with van der Waals surface area (Å²) < 4.78 is 2.32. The Bertz CT molecular complexity index is 788. The molecule has 1 heteroatoms. The lowest BCUT2D eigenvalue weighted by molar-refractivity contribution is 0.952. The van der Waals surface area contributed by atoms with E-state index in [0.717, 1.165) is 12.1 Å². The average Bonchev–Trinajstić information content (AvgIpc) is 2.77. The number of hydrogen-bond acceptors (Lipinski definition) is 0. The van der Waals surface area contributed by atoms with Gasteiger partial charge < -0.3 is 4.57 Å². The van der Waals surface area contributed by atoms with Crippen LogP contribution in [-0.2, 0) is 0 Å². The van der Waals surface area contributed by atoms with Gasteiger partial charge in [-0.25, -0.2) is 0 Å². The van der Waals surface area contributed by atoms with Crippen molar-refractivity contribution in [2.24, 2.45) is 5.92 Å². The SMILES string of the molecule is C=Cc1c(/C=C\C)c2c(n1C1=CCC=CC=C1)C=CC(C)C=C2. The zero-order valence-corrected chi connectivity index (χ0v) is 13.9. The van der Waals surface area contributed by atoms with E-state index in [4.69, 9.17) is 0 Å². The molecule has 0 radical (unpaired) electrons. The zero-order valence-electron chi connectivity index (χ0n) is 13.9. The predicted octanol–water partition coefficient (Wildman–Crippen LogP) is 6.20. The van der Waals surface area contributed by atoms with Crippen molar-refractivity contribution < 1.29 is 0 Å². The molecule has 1 unspecified atom stereocenters. The first-order valence-electron chi connectivity index (χ1n) is 8.20. The van der Waals surface area contributed by atoms with Crippen molar-refractivity contribution in [3.05, 3.63) is 77.7 Å². The molecule has 23 heavy (non-hydrogen) atoms. The Morgan fingerprint density at radius 2 is 2.00 bits per heavy atom. The smallest absolute Gasteiger partial charge is 0.0537 e. The highest BCUT2D eigenvalue weighted by Crippen LogP contribution is 2.34. The Balaban J connectivity index is 2.31. The largest absolute Gasteiger partial charge is 0.310 e. The monoisotopic (exact) mass is 301 g/mol. The lowest BCUT2D eigenvalue weighted by Gasteiger charge is -2.11. The van der Waals surface area contributed by atoms with Crippen LogP contribution >= 0.6 is 0 Å². The minimum atomic E-state index is 0.446. The summed E-state index contributed by atoms with van der Waals surface area (Å²) in [5.74, 6) is 0.446. The van der Waals surface area contributed by atoms with Crippen molar-refractivity contribution in [2.75, 3.05) is 0 Å². The van der Waals surface area contributed by atoms with Crippen LogP contribution in [-0.4, -0.2) is 4.57 Å². The maximum absolute atomic E-state index is 4.06. The summed E-state index contributed by atoms with van der Waals surface area (Å²) in [5.41, 5.74) is 6.08. The molecule has 1 atom stereocenters. The molecule has 1 nitrogen and oxygen atoms in total. The van der Waals surface area contributed by atoms with Gasteiger partial charge in [-0.15, -0.1) is 0 Å². The van der Waals surface area contributed by atoms with E-state index in [0.29, 0.717) is 5.92 Å². The fraction of sp³-hybridized carbons (Fsp3) is 0.182. The molecule has 0 saturated carbocycles. The molecular formula is C22H23N. The van der Waals surface area contributed by atoms with Crippen LogP contribution in [0, 0.1) is 5.92 Å². The number of fused-ring (bicyclic) bond motifs is 1. The molecular weight excluding hydrogens is 278 g/mol. The van der Waals surface area contributed by atoms with Crippen LogP contribution in [0.4, 0.5) is 0 Å². The second-order valence-corrected chi connectivity index (χ2v) is 5.87. The van der Waals surface area contributed by atoms with Crippen molar-refractivity contribution in [1.82, 2.24) is 4.57 Å². The molecule has 0 amide bonds. The van der Waals surface area contributed by atoms with Crippen LogP contribution < -0.4 is 0 Å².